The van der Waals surface area contributed by atoms with Crippen molar-refractivity contribution in [1.82, 2.24) is 9.62 Å². The number of carbonyl (C=O) groups excluding carboxylic acids is 1. The molecule has 6 nitrogen and oxygen atoms in total. The van der Waals surface area contributed by atoms with Crippen LogP contribution >= 0.6 is 11.3 Å². The molecule has 1 aliphatic heterocycles. The van der Waals surface area contributed by atoms with Gasteiger partial charge in [-0.2, -0.15) is 4.31 Å². The molecule has 0 fully saturated rings. The molecular formula is C22H21FN2O4S2. The lowest BCUT2D eigenvalue weighted by molar-refractivity contribution is 0.0950. The van der Waals surface area contributed by atoms with Crippen molar-refractivity contribution in [2.24, 2.45) is 0 Å². The Balaban J connectivity index is 1.47. The van der Waals surface area contributed by atoms with E-state index in [4.69, 9.17) is 4.74 Å². The second-order valence-corrected chi connectivity index (χ2v) is 10.1. The number of ether oxygens (including phenoxy) is 1. The molecule has 0 unspecified atom stereocenters. The van der Waals surface area contributed by atoms with Crippen molar-refractivity contribution in [2.75, 3.05) is 13.7 Å². The van der Waals surface area contributed by atoms with Crippen LogP contribution in [-0.4, -0.2) is 32.3 Å². The molecular weight excluding hydrogens is 439 g/mol. The molecule has 9 heteroatoms. The summed E-state index contributed by atoms with van der Waals surface area (Å²) in [6, 6.07) is 12.4. The highest BCUT2D eigenvalue weighted by Crippen LogP contribution is 2.28. The number of rotatable bonds is 6. The van der Waals surface area contributed by atoms with Gasteiger partial charge < -0.3 is 10.1 Å². The maximum atomic E-state index is 13.8. The Morgan fingerprint density at radius 1 is 1.23 bits per heavy atom. The van der Waals surface area contributed by atoms with Gasteiger partial charge in [0, 0.05) is 30.1 Å². The van der Waals surface area contributed by atoms with Gasteiger partial charge in [-0.1, -0.05) is 12.1 Å². The number of nitrogens with one attached hydrogen (secondary N) is 1. The predicted octanol–water partition coefficient (Wildman–Crippen LogP) is 3.57. The number of carbonyl (C=O) groups is 1. The maximum Gasteiger partial charge on any atom is 0.251 e. The fourth-order valence-corrected chi connectivity index (χ4v) is 5.83. The van der Waals surface area contributed by atoms with Gasteiger partial charge in [-0.3, -0.25) is 4.79 Å². The molecule has 2 aromatic carbocycles. The Labute approximate surface area is 184 Å². The monoisotopic (exact) mass is 460 g/mol. The summed E-state index contributed by atoms with van der Waals surface area (Å²) in [6.45, 7) is 0.847. The van der Waals surface area contributed by atoms with Gasteiger partial charge in [0.05, 0.1) is 12.0 Å². The predicted molar refractivity (Wildman–Crippen MR) is 116 cm³/mol. The Hall–Kier alpha value is -2.75. The first kappa shape index (κ1) is 21.5. The average molecular weight is 461 g/mol. The molecule has 0 saturated heterocycles. The first-order chi connectivity index (χ1) is 14.9. The number of sulfonamides is 1. The Kier molecular flexibility index (Phi) is 6.08. The van der Waals surface area contributed by atoms with Crippen molar-refractivity contribution in [3.8, 4) is 5.75 Å². The largest absolute Gasteiger partial charge is 0.494 e. The van der Waals surface area contributed by atoms with E-state index in [-0.39, 0.29) is 22.8 Å². The van der Waals surface area contributed by atoms with E-state index in [2.05, 4.69) is 5.32 Å². The van der Waals surface area contributed by atoms with E-state index in [0.717, 1.165) is 5.56 Å². The number of benzene rings is 2. The molecule has 4 rings (SSSR count). The number of amides is 1. The normalized spacial score (nSPS) is 14.1. The number of nitrogens with zero attached hydrogens (tertiary/aromatic N) is 1. The minimum absolute atomic E-state index is 0.0781. The topological polar surface area (TPSA) is 75.7 Å². The van der Waals surface area contributed by atoms with E-state index in [0.29, 0.717) is 25.1 Å². The molecule has 1 N–H and O–H groups in total. The van der Waals surface area contributed by atoms with Crippen LogP contribution in [0.25, 0.3) is 0 Å². The Morgan fingerprint density at radius 2 is 2.06 bits per heavy atom. The van der Waals surface area contributed by atoms with E-state index in [9.17, 15) is 17.6 Å². The zero-order valence-electron chi connectivity index (χ0n) is 16.8. The van der Waals surface area contributed by atoms with Crippen molar-refractivity contribution in [3.63, 3.8) is 0 Å². The van der Waals surface area contributed by atoms with Crippen LogP contribution in [0.2, 0.25) is 0 Å². The lowest BCUT2D eigenvalue weighted by Crippen LogP contribution is -2.35. The minimum Gasteiger partial charge on any atom is -0.494 e. The van der Waals surface area contributed by atoms with Gasteiger partial charge in [-0.15, -0.1) is 11.3 Å². The molecule has 3 aromatic rings. The molecule has 0 radical (unpaired) electrons. The van der Waals surface area contributed by atoms with Gasteiger partial charge in [0.25, 0.3) is 5.91 Å². The standard InChI is InChI=1S/C22H21FN2O4S2/c1-29-20-6-5-15(11-19(20)23)13-24-22(26)16-3-2-4-18(12-16)31(27,28)25-9-7-21-17(14-25)8-10-30-21/h2-6,8,10-12H,7,9,13-14H2,1H3,(H,24,26). The van der Waals surface area contributed by atoms with E-state index in [1.165, 1.54) is 40.6 Å². The smallest absolute Gasteiger partial charge is 0.251 e. The van der Waals surface area contributed by atoms with Crippen molar-refractivity contribution < 1.29 is 22.3 Å². The molecule has 1 amide bonds. The molecule has 0 saturated carbocycles. The van der Waals surface area contributed by atoms with Crippen LogP contribution < -0.4 is 10.1 Å². The first-order valence-corrected chi connectivity index (χ1v) is 12.0. The Morgan fingerprint density at radius 3 is 2.84 bits per heavy atom. The molecule has 2 heterocycles. The first-order valence-electron chi connectivity index (χ1n) is 9.64. The summed E-state index contributed by atoms with van der Waals surface area (Å²) in [7, 11) is -2.35. The zero-order chi connectivity index (χ0) is 22.0. The lowest BCUT2D eigenvalue weighted by atomic mass is 10.1. The van der Waals surface area contributed by atoms with Gasteiger partial charge >= 0.3 is 0 Å². The van der Waals surface area contributed by atoms with Crippen molar-refractivity contribution in [2.45, 2.75) is 24.4 Å². The fourth-order valence-electron chi connectivity index (χ4n) is 3.48. The number of methoxy groups -OCH3 is 1. The zero-order valence-corrected chi connectivity index (χ0v) is 18.4. The van der Waals surface area contributed by atoms with Crippen molar-refractivity contribution in [1.29, 1.82) is 0 Å². The second kappa shape index (κ2) is 8.78. The SMILES string of the molecule is COc1ccc(CNC(=O)c2cccc(S(=O)(=O)N3CCc4sccc4C3)c2)cc1F. The summed E-state index contributed by atoms with van der Waals surface area (Å²) in [5.74, 6) is -0.829. The summed E-state index contributed by atoms with van der Waals surface area (Å²) < 4.78 is 46.4. The molecule has 1 aromatic heterocycles. The second-order valence-electron chi connectivity index (χ2n) is 7.14. The number of hydrogen-bond acceptors (Lipinski definition) is 5. The van der Waals surface area contributed by atoms with Gasteiger partial charge in [0.1, 0.15) is 0 Å². The van der Waals surface area contributed by atoms with E-state index in [1.54, 1.807) is 29.5 Å². The summed E-state index contributed by atoms with van der Waals surface area (Å²) in [5, 5.41) is 4.67. The molecule has 162 valence electrons. The van der Waals surface area contributed by atoms with Crippen molar-refractivity contribution >= 4 is 27.3 Å². The number of thiophene rings is 1. The number of fused-ring (bicyclic) bond motifs is 1. The van der Waals surface area contributed by atoms with Gasteiger partial charge in [0.2, 0.25) is 10.0 Å². The third-order valence-corrected chi connectivity index (χ3v) is 8.04. The van der Waals surface area contributed by atoms with Crippen LogP contribution in [0, 0.1) is 5.82 Å². The molecule has 1 aliphatic rings. The van der Waals surface area contributed by atoms with Crippen LogP contribution in [0.1, 0.15) is 26.4 Å². The average Bonchev–Trinajstić information content (AvgIpc) is 3.25. The lowest BCUT2D eigenvalue weighted by Gasteiger charge is -2.26. The third kappa shape index (κ3) is 4.48. The van der Waals surface area contributed by atoms with Crippen LogP contribution in [0.3, 0.4) is 0 Å². The van der Waals surface area contributed by atoms with Crippen LogP contribution in [0.4, 0.5) is 4.39 Å². The molecule has 31 heavy (non-hydrogen) atoms. The Bertz CT molecular complexity index is 1220. The molecule has 0 spiro atoms. The highest BCUT2D eigenvalue weighted by molar-refractivity contribution is 7.89. The van der Waals surface area contributed by atoms with E-state index >= 15 is 0 Å². The summed E-state index contributed by atoms with van der Waals surface area (Å²) in [6.07, 6.45) is 0.685. The summed E-state index contributed by atoms with van der Waals surface area (Å²) >= 11 is 1.64. The maximum absolute atomic E-state index is 13.8. The van der Waals surface area contributed by atoms with Crippen molar-refractivity contribution in [3.05, 3.63) is 81.3 Å². The third-order valence-electron chi connectivity index (χ3n) is 5.18. The van der Waals surface area contributed by atoms with E-state index in [1.807, 2.05) is 11.4 Å². The van der Waals surface area contributed by atoms with Crippen LogP contribution in [-0.2, 0) is 29.5 Å². The minimum atomic E-state index is -3.72. The van der Waals surface area contributed by atoms with Gasteiger partial charge in [-0.05, 0) is 59.3 Å². The highest BCUT2D eigenvalue weighted by Gasteiger charge is 2.29. The van der Waals surface area contributed by atoms with Gasteiger partial charge in [0.15, 0.2) is 11.6 Å². The van der Waals surface area contributed by atoms with Crippen LogP contribution in [0.15, 0.2) is 58.8 Å². The summed E-state index contributed by atoms with van der Waals surface area (Å²) in [4.78, 5) is 13.9. The van der Waals surface area contributed by atoms with Gasteiger partial charge in [-0.25, -0.2) is 12.8 Å². The summed E-state index contributed by atoms with van der Waals surface area (Å²) in [5.41, 5.74) is 1.82. The number of halogens is 1. The highest BCUT2D eigenvalue weighted by atomic mass is 32.2. The molecule has 0 aliphatic carbocycles. The number of hydrogen-bond donors (Lipinski definition) is 1. The van der Waals surface area contributed by atoms with E-state index < -0.39 is 21.7 Å². The fraction of sp³-hybridized carbons (Fsp3) is 0.227. The van der Waals surface area contributed by atoms with Crippen LogP contribution in [0.5, 0.6) is 5.75 Å². The molecule has 0 atom stereocenters. The quantitative estimate of drug-likeness (QED) is 0.610. The molecule has 0 bridgehead atoms.